The lowest BCUT2D eigenvalue weighted by atomic mass is 9.98. The molecule has 0 aromatic heterocycles. The van der Waals surface area contributed by atoms with Crippen LogP contribution in [-0.2, 0) is 9.59 Å². The van der Waals surface area contributed by atoms with Crippen LogP contribution < -0.4 is 0 Å². The van der Waals surface area contributed by atoms with Crippen molar-refractivity contribution in [3.05, 3.63) is 10.4 Å². The number of Topliss-reactive ketones (excluding diaryl/α,β-unsaturated/α-hetero) is 2. The van der Waals surface area contributed by atoms with Crippen molar-refractivity contribution in [3.63, 3.8) is 0 Å². The second-order valence-corrected chi connectivity index (χ2v) is 5.93. The lowest BCUT2D eigenvalue weighted by Crippen LogP contribution is -2.46. The third-order valence-corrected chi connectivity index (χ3v) is 2.56. The average Bonchev–Trinajstić information content (AvgIpc) is 2.11. The first kappa shape index (κ1) is 16.5. The Balaban J connectivity index is 5.33. The predicted octanol–water partition coefficient (Wildman–Crippen LogP) is 1.97. The zero-order chi connectivity index (χ0) is 14.7. The quantitative estimate of drug-likeness (QED) is 0.414. The molecule has 0 atom stereocenters. The standard InChI is InChI=1S/C12H22N2O4/c1-9(15)7-11(3,4)13(17)14(18)12(5,6)8-10(2)16/h7-8H2,1-6H3/b14-13+. The van der Waals surface area contributed by atoms with Crippen LogP contribution in [0.25, 0.3) is 0 Å². The second kappa shape index (κ2) is 5.46. The number of nitrogens with zero attached hydrogens (tertiary/aromatic N) is 2. The summed E-state index contributed by atoms with van der Waals surface area (Å²) in [6.07, 6.45) is -0.0449. The largest absolute Gasteiger partial charge is 0.567 e. The molecule has 6 heteroatoms. The van der Waals surface area contributed by atoms with Gasteiger partial charge in [-0.3, -0.25) is 9.59 Å². The predicted molar refractivity (Wildman–Crippen MR) is 66.0 cm³/mol. The van der Waals surface area contributed by atoms with E-state index in [0.29, 0.717) is 0 Å². The normalized spacial score (nSPS) is 14.1. The van der Waals surface area contributed by atoms with Gasteiger partial charge in [-0.25, -0.2) is 0 Å². The van der Waals surface area contributed by atoms with E-state index in [4.69, 9.17) is 0 Å². The molecule has 0 N–H and O–H groups in total. The summed E-state index contributed by atoms with van der Waals surface area (Å²) in [7, 11) is 0. The number of hydrogen-bond acceptors (Lipinski definition) is 4. The van der Waals surface area contributed by atoms with Crippen LogP contribution >= 0.6 is 0 Å². The minimum Gasteiger partial charge on any atom is -0.567 e. The van der Waals surface area contributed by atoms with Crippen LogP contribution in [0.4, 0.5) is 0 Å². The molecule has 6 nitrogen and oxygen atoms in total. The van der Waals surface area contributed by atoms with Crippen molar-refractivity contribution in [1.82, 2.24) is 0 Å². The van der Waals surface area contributed by atoms with Gasteiger partial charge in [-0.05, 0) is 13.8 Å². The van der Waals surface area contributed by atoms with Crippen molar-refractivity contribution in [2.24, 2.45) is 0 Å². The number of ketones is 2. The Hall–Kier alpha value is -1.46. The minimum atomic E-state index is -1.12. The topological polar surface area (TPSA) is 86.3 Å². The van der Waals surface area contributed by atoms with Crippen LogP contribution in [0.5, 0.6) is 0 Å². The van der Waals surface area contributed by atoms with Gasteiger partial charge < -0.3 is 10.4 Å². The third kappa shape index (κ3) is 4.43. The number of carbonyl (C=O) groups is 2. The zero-order valence-corrected chi connectivity index (χ0v) is 11.9. The van der Waals surface area contributed by atoms with Crippen molar-refractivity contribution in [2.75, 3.05) is 0 Å². The number of hydroxylamine groups is 2. The summed E-state index contributed by atoms with van der Waals surface area (Å²) < 4.78 is 0. The Bertz CT molecular complexity index is 348. The molecule has 0 bridgehead atoms. The fourth-order valence-electron chi connectivity index (χ4n) is 1.85. The van der Waals surface area contributed by atoms with Gasteiger partial charge in [-0.15, -0.1) is 0 Å². The fraction of sp³-hybridized carbons (Fsp3) is 0.833. The molecule has 0 aliphatic rings. The zero-order valence-electron chi connectivity index (χ0n) is 11.9. The maximum absolute atomic E-state index is 12.0. The van der Waals surface area contributed by atoms with Crippen LogP contribution in [0.1, 0.15) is 54.4 Å². The molecule has 104 valence electrons. The summed E-state index contributed by atoms with van der Waals surface area (Å²) >= 11 is 0. The molecule has 0 rings (SSSR count). The molecule has 0 unspecified atom stereocenters. The molecule has 0 fully saturated rings. The highest BCUT2D eigenvalue weighted by Gasteiger charge is 2.42. The number of hydrogen-bond donors (Lipinski definition) is 0. The van der Waals surface area contributed by atoms with Crippen LogP contribution in [0, 0.1) is 10.4 Å². The Kier molecular flexibility index (Phi) is 5.01. The molecule has 0 radical (unpaired) electrons. The molecule has 0 saturated heterocycles. The molecule has 0 aromatic carbocycles. The molecule has 0 aliphatic heterocycles. The summed E-state index contributed by atoms with van der Waals surface area (Å²) in [6.45, 7) is 8.83. The van der Waals surface area contributed by atoms with E-state index in [-0.39, 0.29) is 34.1 Å². The van der Waals surface area contributed by atoms with E-state index < -0.39 is 11.1 Å². The Morgan fingerprint density at radius 1 is 0.833 bits per heavy atom. The third-order valence-electron chi connectivity index (χ3n) is 2.56. The van der Waals surface area contributed by atoms with Gasteiger partial charge in [0.15, 0.2) is 0 Å². The average molecular weight is 258 g/mol. The van der Waals surface area contributed by atoms with E-state index in [2.05, 4.69) is 0 Å². The molecule has 0 heterocycles. The SMILES string of the molecule is CC(=O)CC(C)(C)/[N+]([O-])=[N+](\[O-])C(C)(C)CC(C)=O. The van der Waals surface area contributed by atoms with E-state index in [9.17, 15) is 20.0 Å². The van der Waals surface area contributed by atoms with Gasteiger partial charge in [-0.1, -0.05) is 0 Å². The van der Waals surface area contributed by atoms with Crippen molar-refractivity contribution in [3.8, 4) is 0 Å². The van der Waals surface area contributed by atoms with E-state index >= 15 is 0 Å². The highest BCUT2D eigenvalue weighted by molar-refractivity contribution is 5.76. The molecule has 18 heavy (non-hydrogen) atoms. The van der Waals surface area contributed by atoms with Gasteiger partial charge in [0.25, 0.3) is 0 Å². The van der Waals surface area contributed by atoms with E-state index in [0.717, 1.165) is 0 Å². The monoisotopic (exact) mass is 258 g/mol. The maximum Gasteiger partial charge on any atom is 0.239 e. The number of rotatable bonds is 6. The van der Waals surface area contributed by atoms with Gasteiger partial charge in [0, 0.05) is 37.4 Å². The Morgan fingerprint density at radius 3 is 1.22 bits per heavy atom. The van der Waals surface area contributed by atoms with Crippen LogP contribution in [0.2, 0.25) is 0 Å². The summed E-state index contributed by atoms with van der Waals surface area (Å²) in [6, 6.07) is 0. The van der Waals surface area contributed by atoms with Gasteiger partial charge in [0.05, 0.1) is 12.8 Å². The van der Waals surface area contributed by atoms with Crippen molar-refractivity contribution in [1.29, 1.82) is 0 Å². The smallest absolute Gasteiger partial charge is 0.239 e. The second-order valence-electron chi connectivity index (χ2n) is 5.93. The lowest BCUT2D eigenvalue weighted by Gasteiger charge is -2.24. The van der Waals surface area contributed by atoms with Gasteiger partial charge in [0.1, 0.15) is 11.6 Å². The van der Waals surface area contributed by atoms with Crippen LogP contribution in [0.15, 0.2) is 0 Å². The minimum absolute atomic E-state index is 0.0224. The summed E-state index contributed by atoms with van der Waals surface area (Å²) in [5.41, 5.74) is -2.25. The van der Waals surface area contributed by atoms with E-state index in [1.807, 2.05) is 0 Å². The molecular formula is C12H22N2O4. The Labute approximate surface area is 107 Å². The Morgan fingerprint density at radius 2 is 1.06 bits per heavy atom. The number of carbonyl (C=O) groups excluding carboxylic acids is 2. The van der Waals surface area contributed by atoms with E-state index in [1.165, 1.54) is 41.5 Å². The molecule has 0 spiro atoms. The van der Waals surface area contributed by atoms with Crippen LogP contribution in [0.3, 0.4) is 0 Å². The maximum atomic E-state index is 12.0. The molecule has 0 saturated carbocycles. The van der Waals surface area contributed by atoms with Crippen molar-refractivity contribution < 1.29 is 19.3 Å². The highest BCUT2D eigenvalue weighted by atomic mass is 16.6. The number of azo groups is 1. The van der Waals surface area contributed by atoms with Crippen molar-refractivity contribution in [2.45, 2.75) is 65.5 Å². The van der Waals surface area contributed by atoms with Crippen LogP contribution in [-0.4, -0.2) is 32.4 Å². The van der Waals surface area contributed by atoms with Crippen molar-refractivity contribution >= 4 is 11.6 Å². The molecule has 0 aromatic rings. The van der Waals surface area contributed by atoms with Gasteiger partial charge in [0.2, 0.25) is 11.1 Å². The molecular weight excluding hydrogens is 236 g/mol. The lowest BCUT2D eigenvalue weighted by molar-refractivity contribution is -1.02. The fourth-order valence-corrected chi connectivity index (χ4v) is 1.85. The first-order valence-corrected chi connectivity index (χ1v) is 5.83. The molecule has 0 aliphatic carbocycles. The summed E-state index contributed by atoms with van der Waals surface area (Å²) in [5, 5.41) is 24.0. The first-order chi connectivity index (χ1) is 7.90. The van der Waals surface area contributed by atoms with Gasteiger partial charge in [-0.2, -0.15) is 0 Å². The summed E-state index contributed by atoms with van der Waals surface area (Å²) in [5.74, 6) is -0.336. The van der Waals surface area contributed by atoms with Gasteiger partial charge >= 0.3 is 0 Å². The first-order valence-electron chi connectivity index (χ1n) is 5.83. The van der Waals surface area contributed by atoms with E-state index in [1.54, 1.807) is 0 Å². The molecule has 0 amide bonds. The highest BCUT2D eigenvalue weighted by Crippen LogP contribution is 2.20. The summed E-state index contributed by atoms with van der Waals surface area (Å²) in [4.78, 5) is 22.6.